The van der Waals surface area contributed by atoms with Crippen LogP contribution in [0.5, 0.6) is 0 Å². The molecule has 1 saturated heterocycles. The highest BCUT2D eigenvalue weighted by Gasteiger charge is 2.46. The summed E-state index contributed by atoms with van der Waals surface area (Å²) in [5.74, 6) is -1.28. The molecule has 0 radical (unpaired) electrons. The standard InChI is InChI=1S/C27H27N3O5S/c1-3-35-26(33)19-9-11-20(12-10-19)28-24(31)17-22-25(32)30(21-7-5-4-6-8-21)27(34)29(22)15-13-23-18(2)14-16-36-23/h4-12,14,16,22H,3,13,15,17H2,1-2H3,(H,28,31)/t22-/m1/s1. The number of esters is 1. The molecule has 1 aliphatic rings. The molecule has 36 heavy (non-hydrogen) atoms. The van der Waals surface area contributed by atoms with Gasteiger partial charge in [-0.15, -0.1) is 11.3 Å². The molecule has 0 aliphatic carbocycles. The van der Waals surface area contributed by atoms with Gasteiger partial charge in [-0.05, 0) is 73.7 Å². The summed E-state index contributed by atoms with van der Waals surface area (Å²) in [6, 6.07) is 15.7. The lowest BCUT2D eigenvalue weighted by Crippen LogP contribution is -2.39. The third kappa shape index (κ3) is 5.46. The van der Waals surface area contributed by atoms with E-state index in [1.54, 1.807) is 66.8 Å². The number of carbonyl (C=O) groups is 4. The van der Waals surface area contributed by atoms with Crippen molar-refractivity contribution in [1.82, 2.24) is 4.90 Å². The number of amides is 4. The molecule has 0 saturated carbocycles. The first kappa shape index (κ1) is 25.1. The average molecular weight is 506 g/mol. The average Bonchev–Trinajstić information content (AvgIpc) is 3.38. The van der Waals surface area contributed by atoms with Gasteiger partial charge in [0.25, 0.3) is 5.91 Å². The first-order chi connectivity index (χ1) is 17.4. The largest absolute Gasteiger partial charge is 0.462 e. The van der Waals surface area contributed by atoms with Crippen LogP contribution in [-0.2, 0) is 20.7 Å². The predicted molar refractivity (Wildman–Crippen MR) is 138 cm³/mol. The highest BCUT2D eigenvalue weighted by atomic mass is 32.1. The summed E-state index contributed by atoms with van der Waals surface area (Å²) in [5.41, 5.74) is 2.46. The zero-order valence-corrected chi connectivity index (χ0v) is 20.9. The van der Waals surface area contributed by atoms with Crippen LogP contribution < -0.4 is 10.2 Å². The van der Waals surface area contributed by atoms with Gasteiger partial charge in [0, 0.05) is 17.1 Å². The zero-order chi connectivity index (χ0) is 25.7. The van der Waals surface area contributed by atoms with Gasteiger partial charge in [-0.25, -0.2) is 14.5 Å². The van der Waals surface area contributed by atoms with Gasteiger partial charge in [0.05, 0.1) is 24.3 Å². The van der Waals surface area contributed by atoms with E-state index in [1.165, 1.54) is 4.90 Å². The molecule has 1 fully saturated rings. The van der Waals surface area contributed by atoms with Crippen molar-refractivity contribution in [2.75, 3.05) is 23.4 Å². The van der Waals surface area contributed by atoms with Gasteiger partial charge in [0.2, 0.25) is 5.91 Å². The van der Waals surface area contributed by atoms with Gasteiger partial charge in [0.1, 0.15) is 6.04 Å². The minimum atomic E-state index is -0.920. The number of aryl methyl sites for hydroxylation is 1. The van der Waals surface area contributed by atoms with Crippen LogP contribution >= 0.6 is 11.3 Å². The number of ether oxygens (including phenoxy) is 1. The number of urea groups is 1. The van der Waals surface area contributed by atoms with Crippen LogP contribution in [0.25, 0.3) is 0 Å². The van der Waals surface area contributed by atoms with Crippen LogP contribution in [0.2, 0.25) is 0 Å². The van der Waals surface area contributed by atoms with Crippen molar-refractivity contribution in [3.05, 3.63) is 82.0 Å². The normalized spacial score (nSPS) is 15.3. The van der Waals surface area contributed by atoms with E-state index in [2.05, 4.69) is 5.32 Å². The Morgan fingerprint density at radius 3 is 2.39 bits per heavy atom. The van der Waals surface area contributed by atoms with Crippen molar-refractivity contribution in [3.63, 3.8) is 0 Å². The summed E-state index contributed by atoms with van der Waals surface area (Å²) in [4.78, 5) is 55.2. The van der Waals surface area contributed by atoms with E-state index in [-0.39, 0.29) is 13.0 Å². The molecule has 4 amide bonds. The van der Waals surface area contributed by atoms with E-state index in [0.717, 1.165) is 15.3 Å². The lowest BCUT2D eigenvalue weighted by molar-refractivity contribution is -0.124. The number of benzene rings is 2. The SMILES string of the molecule is CCOC(=O)c1ccc(NC(=O)C[C@@H]2C(=O)N(c3ccccc3)C(=O)N2CCc2sccc2C)cc1. The molecular weight excluding hydrogens is 478 g/mol. The molecule has 4 rings (SSSR count). The Morgan fingerprint density at radius 1 is 1.03 bits per heavy atom. The predicted octanol–water partition coefficient (Wildman–Crippen LogP) is 4.64. The molecule has 1 atom stereocenters. The topological polar surface area (TPSA) is 96.0 Å². The minimum Gasteiger partial charge on any atom is -0.462 e. The van der Waals surface area contributed by atoms with Crippen molar-refractivity contribution in [1.29, 1.82) is 0 Å². The number of rotatable bonds is 9. The molecule has 2 heterocycles. The highest BCUT2D eigenvalue weighted by molar-refractivity contribution is 7.10. The van der Waals surface area contributed by atoms with Gasteiger partial charge in [-0.1, -0.05) is 18.2 Å². The maximum absolute atomic E-state index is 13.4. The number of hydrogen-bond acceptors (Lipinski definition) is 6. The Morgan fingerprint density at radius 2 is 1.75 bits per heavy atom. The fraction of sp³-hybridized carbons (Fsp3) is 0.259. The molecule has 0 unspecified atom stereocenters. The minimum absolute atomic E-state index is 0.184. The smallest absolute Gasteiger partial charge is 0.338 e. The Labute approximate surface area is 213 Å². The van der Waals surface area contributed by atoms with E-state index in [0.29, 0.717) is 29.9 Å². The fourth-order valence-corrected chi connectivity index (χ4v) is 4.98. The second-order valence-corrected chi connectivity index (χ2v) is 9.33. The third-order valence-electron chi connectivity index (χ3n) is 5.94. The molecule has 186 valence electrons. The van der Waals surface area contributed by atoms with Crippen molar-refractivity contribution in [3.8, 4) is 0 Å². The molecule has 8 nitrogen and oxygen atoms in total. The van der Waals surface area contributed by atoms with Crippen LogP contribution in [0, 0.1) is 6.92 Å². The molecular formula is C27H27N3O5S. The molecule has 0 bridgehead atoms. The lowest BCUT2D eigenvalue weighted by Gasteiger charge is -2.21. The van der Waals surface area contributed by atoms with E-state index in [4.69, 9.17) is 4.74 Å². The summed E-state index contributed by atoms with van der Waals surface area (Å²) in [7, 11) is 0. The highest BCUT2D eigenvalue weighted by Crippen LogP contribution is 2.28. The van der Waals surface area contributed by atoms with Crippen LogP contribution in [0.4, 0.5) is 16.2 Å². The lowest BCUT2D eigenvalue weighted by atomic mass is 10.1. The quantitative estimate of drug-likeness (QED) is 0.338. The maximum atomic E-state index is 13.4. The molecule has 1 aliphatic heterocycles. The van der Waals surface area contributed by atoms with Crippen LogP contribution in [0.15, 0.2) is 66.0 Å². The number of nitrogens with zero attached hydrogens (tertiary/aromatic N) is 2. The second kappa shape index (κ2) is 11.2. The number of carbonyl (C=O) groups excluding carboxylic acids is 4. The van der Waals surface area contributed by atoms with E-state index >= 15 is 0 Å². The molecule has 9 heteroatoms. The number of nitrogens with one attached hydrogen (secondary N) is 1. The number of thiophene rings is 1. The van der Waals surface area contributed by atoms with Crippen LogP contribution in [0.1, 0.15) is 34.1 Å². The molecule has 2 aromatic carbocycles. The third-order valence-corrected chi connectivity index (χ3v) is 7.02. The summed E-state index contributed by atoms with van der Waals surface area (Å²) >= 11 is 1.61. The Bertz CT molecular complexity index is 1260. The number of hydrogen-bond donors (Lipinski definition) is 1. The summed E-state index contributed by atoms with van der Waals surface area (Å²) in [6.07, 6.45) is 0.412. The number of para-hydroxylation sites is 1. The molecule has 0 spiro atoms. The second-order valence-electron chi connectivity index (χ2n) is 8.33. The van der Waals surface area contributed by atoms with E-state index in [1.807, 2.05) is 24.4 Å². The number of anilines is 2. The Kier molecular flexibility index (Phi) is 7.80. The Hall–Kier alpha value is -3.98. The first-order valence-corrected chi connectivity index (χ1v) is 12.6. The van der Waals surface area contributed by atoms with Gasteiger partial charge < -0.3 is 15.0 Å². The maximum Gasteiger partial charge on any atom is 0.338 e. The van der Waals surface area contributed by atoms with Crippen LogP contribution in [-0.4, -0.2) is 47.9 Å². The monoisotopic (exact) mass is 505 g/mol. The van der Waals surface area contributed by atoms with Gasteiger partial charge >= 0.3 is 12.0 Å². The van der Waals surface area contributed by atoms with Gasteiger partial charge in [-0.3, -0.25) is 9.59 Å². The van der Waals surface area contributed by atoms with E-state index in [9.17, 15) is 19.2 Å². The summed E-state index contributed by atoms with van der Waals surface area (Å²) < 4.78 is 4.97. The Balaban J connectivity index is 1.49. The first-order valence-electron chi connectivity index (χ1n) is 11.7. The van der Waals surface area contributed by atoms with Gasteiger partial charge in [-0.2, -0.15) is 0 Å². The van der Waals surface area contributed by atoms with Crippen molar-refractivity contribution in [2.45, 2.75) is 32.7 Å². The number of imide groups is 1. The van der Waals surface area contributed by atoms with Crippen molar-refractivity contribution in [2.24, 2.45) is 0 Å². The van der Waals surface area contributed by atoms with E-state index < -0.39 is 29.9 Å². The molecule has 1 aromatic heterocycles. The van der Waals surface area contributed by atoms with Gasteiger partial charge in [0.15, 0.2) is 0 Å². The van der Waals surface area contributed by atoms with Crippen molar-refractivity contribution >= 4 is 46.5 Å². The van der Waals surface area contributed by atoms with Crippen LogP contribution in [0.3, 0.4) is 0 Å². The molecule has 1 N–H and O–H groups in total. The fourth-order valence-electron chi connectivity index (χ4n) is 4.08. The van der Waals surface area contributed by atoms with Crippen molar-refractivity contribution < 1.29 is 23.9 Å². The summed E-state index contributed by atoms with van der Waals surface area (Å²) in [6.45, 7) is 4.33. The zero-order valence-electron chi connectivity index (χ0n) is 20.1. The summed E-state index contributed by atoms with van der Waals surface area (Å²) in [5, 5.41) is 4.75. The molecule has 3 aromatic rings.